The van der Waals surface area contributed by atoms with Gasteiger partial charge in [-0.15, -0.1) is 0 Å². The van der Waals surface area contributed by atoms with Crippen LogP contribution in [0.1, 0.15) is 17.0 Å². The molecular formula is C7H6N4O3S. The fourth-order valence-corrected chi connectivity index (χ4v) is 1.26. The standard InChI is InChI=1S/C7H6N4O3S/c1-14-6(13)5-10-7(15-11-5)9-4(12)2-3-8/h2H2,1H3,(H,9,10,11,12). The molecule has 1 aromatic rings. The van der Waals surface area contributed by atoms with E-state index in [1.807, 2.05) is 0 Å². The number of carbonyl (C=O) groups is 2. The third kappa shape index (κ3) is 2.99. The third-order valence-corrected chi connectivity index (χ3v) is 1.91. The zero-order chi connectivity index (χ0) is 11.3. The van der Waals surface area contributed by atoms with Crippen molar-refractivity contribution in [1.82, 2.24) is 9.36 Å². The Morgan fingerprint density at radius 1 is 1.67 bits per heavy atom. The molecule has 0 fully saturated rings. The Bertz CT molecular complexity index is 422. The number of hydrogen-bond donors (Lipinski definition) is 1. The van der Waals surface area contributed by atoms with Gasteiger partial charge >= 0.3 is 5.97 Å². The van der Waals surface area contributed by atoms with Crippen LogP contribution in [0.2, 0.25) is 0 Å². The first-order chi connectivity index (χ1) is 7.17. The second kappa shape index (κ2) is 5.02. The second-order valence-electron chi connectivity index (χ2n) is 2.30. The highest BCUT2D eigenvalue weighted by Crippen LogP contribution is 2.11. The van der Waals surface area contributed by atoms with E-state index in [0.29, 0.717) is 0 Å². The van der Waals surface area contributed by atoms with Gasteiger partial charge in [0.1, 0.15) is 6.42 Å². The molecule has 0 aliphatic carbocycles. The van der Waals surface area contributed by atoms with Crippen LogP contribution in [0.15, 0.2) is 0 Å². The van der Waals surface area contributed by atoms with E-state index in [9.17, 15) is 9.59 Å². The quantitative estimate of drug-likeness (QED) is 0.737. The first-order valence-corrected chi connectivity index (χ1v) is 4.53. The molecule has 0 aliphatic heterocycles. The summed E-state index contributed by atoms with van der Waals surface area (Å²) in [6.45, 7) is 0. The summed E-state index contributed by atoms with van der Waals surface area (Å²) in [7, 11) is 1.21. The van der Waals surface area contributed by atoms with E-state index in [1.165, 1.54) is 7.11 Å². The summed E-state index contributed by atoms with van der Waals surface area (Å²) in [6, 6.07) is 1.68. The number of amides is 1. The number of ether oxygens (including phenoxy) is 1. The van der Waals surface area contributed by atoms with Crippen LogP contribution >= 0.6 is 11.5 Å². The summed E-state index contributed by atoms with van der Waals surface area (Å²) < 4.78 is 8.04. The highest BCUT2D eigenvalue weighted by atomic mass is 32.1. The molecule has 0 spiro atoms. The van der Waals surface area contributed by atoms with Crippen LogP contribution in [-0.4, -0.2) is 28.3 Å². The summed E-state index contributed by atoms with van der Waals surface area (Å²) in [5, 5.41) is 10.7. The fraction of sp³-hybridized carbons (Fsp3) is 0.286. The summed E-state index contributed by atoms with van der Waals surface area (Å²) in [4.78, 5) is 25.6. The molecule has 0 saturated carbocycles. The Labute approximate surface area is 88.9 Å². The smallest absolute Gasteiger partial charge is 0.377 e. The maximum absolute atomic E-state index is 11.0. The van der Waals surface area contributed by atoms with E-state index < -0.39 is 11.9 Å². The van der Waals surface area contributed by atoms with E-state index in [-0.39, 0.29) is 17.4 Å². The minimum atomic E-state index is -0.674. The maximum Gasteiger partial charge on any atom is 0.377 e. The van der Waals surface area contributed by atoms with E-state index in [2.05, 4.69) is 19.4 Å². The Morgan fingerprint density at radius 3 is 3.00 bits per heavy atom. The third-order valence-electron chi connectivity index (χ3n) is 1.28. The summed E-state index contributed by atoms with van der Waals surface area (Å²) >= 11 is 0.844. The molecule has 0 atom stereocenters. The minimum absolute atomic E-state index is 0.116. The number of carbonyl (C=O) groups excluding carboxylic acids is 2. The molecule has 1 heterocycles. The highest BCUT2D eigenvalue weighted by Gasteiger charge is 2.13. The summed E-state index contributed by atoms with van der Waals surface area (Å²) in [5.74, 6) is -1.29. The Balaban J connectivity index is 2.65. The lowest BCUT2D eigenvalue weighted by atomic mass is 10.4. The average Bonchev–Trinajstić information content (AvgIpc) is 2.65. The highest BCUT2D eigenvalue weighted by molar-refractivity contribution is 7.10. The van der Waals surface area contributed by atoms with Gasteiger partial charge in [0.05, 0.1) is 13.2 Å². The Kier molecular flexibility index (Phi) is 3.70. The molecular weight excluding hydrogens is 220 g/mol. The molecule has 0 aliphatic rings. The zero-order valence-corrected chi connectivity index (χ0v) is 8.50. The first kappa shape index (κ1) is 11.1. The van der Waals surface area contributed by atoms with Crippen molar-refractivity contribution in [2.24, 2.45) is 0 Å². The first-order valence-electron chi connectivity index (χ1n) is 3.76. The number of nitrogens with zero attached hydrogens (tertiary/aromatic N) is 3. The number of nitrogens with one attached hydrogen (secondary N) is 1. The number of aromatic nitrogens is 2. The predicted molar refractivity (Wildman–Crippen MR) is 50.1 cm³/mol. The molecule has 1 rings (SSSR count). The van der Waals surface area contributed by atoms with Crippen LogP contribution in [0, 0.1) is 11.3 Å². The van der Waals surface area contributed by atoms with Gasteiger partial charge in [-0.05, 0) is 0 Å². The van der Waals surface area contributed by atoms with Gasteiger partial charge in [0.25, 0.3) is 5.82 Å². The van der Waals surface area contributed by atoms with E-state index in [0.717, 1.165) is 11.5 Å². The van der Waals surface area contributed by atoms with E-state index >= 15 is 0 Å². The number of rotatable bonds is 3. The van der Waals surface area contributed by atoms with Gasteiger partial charge in [-0.2, -0.15) is 14.6 Å². The van der Waals surface area contributed by atoms with Gasteiger partial charge < -0.3 is 4.74 Å². The van der Waals surface area contributed by atoms with Crippen molar-refractivity contribution in [1.29, 1.82) is 5.26 Å². The van der Waals surface area contributed by atoms with Crippen LogP contribution in [0.3, 0.4) is 0 Å². The van der Waals surface area contributed by atoms with Gasteiger partial charge in [0.2, 0.25) is 11.0 Å². The monoisotopic (exact) mass is 226 g/mol. The fourth-order valence-electron chi connectivity index (χ4n) is 0.684. The number of esters is 1. The number of nitriles is 1. The maximum atomic E-state index is 11.0. The SMILES string of the molecule is COC(=O)c1nsc(NC(=O)CC#N)n1. The van der Waals surface area contributed by atoms with E-state index in [1.54, 1.807) is 6.07 Å². The van der Waals surface area contributed by atoms with Gasteiger partial charge in [-0.1, -0.05) is 0 Å². The van der Waals surface area contributed by atoms with Crippen LogP contribution < -0.4 is 5.32 Å². The predicted octanol–water partition coefficient (Wildman–Crippen LogP) is 0.177. The van der Waals surface area contributed by atoms with Crippen molar-refractivity contribution < 1.29 is 14.3 Å². The van der Waals surface area contributed by atoms with E-state index in [4.69, 9.17) is 5.26 Å². The molecule has 0 unspecified atom stereocenters. The van der Waals surface area contributed by atoms with Crippen molar-refractivity contribution in [3.05, 3.63) is 5.82 Å². The molecule has 0 saturated heterocycles. The lowest BCUT2D eigenvalue weighted by molar-refractivity contribution is -0.115. The van der Waals surface area contributed by atoms with Gasteiger partial charge in [-0.25, -0.2) is 4.79 Å². The number of anilines is 1. The van der Waals surface area contributed by atoms with Gasteiger partial charge in [0, 0.05) is 11.5 Å². The van der Waals surface area contributed by atoms with Gasteiger partial charge in [-0.3, -0.25) is 10.1 Å². The van der Waals surface area contributed by atoms with Crippen LogP contribution in [0.25, 0.3) is 0 Å². The lowest BCUT2D eigenvalue weighted by Gasteiger charge is -1.94. The summed E-state index contributed by atoms with van der Waals surface area (Å²) in [6.07, 6.45) is -0.271. The summed E-state index contributed by atoms with van der Waals surface area (Å²) in [5.41, 5.74) is 0. The molecule has 0 aromatic carbocycles. The van der Waals surface area contributed by atoms with Crippen molar-refractivity contribution in [2.45, 2.75) is 6.42 Å². The minimum Gasteiger partial charge on any atom is -0.463 e. The van der Waals surface area contributed by atoms with Crippen molar-refractivity contribution in [3.63, 3.8) is 0 Å². The zero-order valence-electron chi connectivity index (χ0n) is 7.68. The number of hydrogen-bond acceptors (Lipinski definition) is 7. The largest absolute Gasteiger partial charge is 0.463 e. The van der Waals surface area contributed by atoms with Crippen molar-refractivity contribution in [3.8, 4) is 6.07 Å². The van der Waals surface area contributed by atoms with Gasteiger partial charge in [0.15, 0.2) is 0 Å². The van der Waals surface area contributed by atoms with Crippen LogP contribution in [0.5, 0.6) is 0 Å². The van der Waals surface area contributed by atoms with Crippen LogP contribution in [-0.2, 0) is 9.53 Å². The molecule has 1 amide bonds. The van der Waals surface area contributed by atoms with Crippen molar-refractivity contribution >= 4 is 28.5 Å². The molecule has 1 aromatic heterocycles. The molecule has 0 radical (unpaired) electrons. The molecule has 8 heteroatoms. The Hall–Kier alpha value is -2.01. The molecule has 78 valence electrons. The molecule has 0 bridgehead atoms. The normalized spacial score (nSPS) is 9.07. The second-order valence-corrected chi connectivity index (χ2v) is 3.05. The number of methoxy groups -OCH3 is 1. The average molecular weight is 226 g/mol. The Morgan fingerprint density at radius 2 is 2.40 bits per heavy atom. The lowest BCUT2D eigenvalue weighted by Crippen LogP contribution is -2.10. The molecule has 1 N–H and O–H groups in total. The molecule has 7 nitrogen and oxygen atoms in total. The topological polar surface area (TPSA) is 105 Å². The van der Waals surface area contributed by atoms with Crippen LogP contribution in [0.4, 0.5) is 5.13 Å². The van der Waals surface area contributed by atoms with Crippen molar-refractivity contribution in [2.75, 3.05) is 12.4 Å². The molecule has 15 heavy (non-hydrogen) atoms.